The van der Waals surface area contributed by atoms with E-state index < -0.39 is 0 Å². The van der Waals surface area contributed by atoms with Crippen LogP contribution >= 0.6 is 0 Å². The van der Waals surface area contributed by atoms with E-state index in [4.69, 9.17) is 4.98 Å². The number of amides is 1. The summed E-state index contributed by atoms with van der Waals surface area (Å²) in [6, 6.07) is 21.5. The van der Waals surface area contributed by atoms with Gasteiger partial charge in [0.1, 0.15) is 11.5 Å². The van der Waals surface area contributed by atoms with Gasteiger partial charge in [0.05, 0.1) is 11.0 Å². The summed E-state index contributed by atoms with van der Waals surface area (Å²) in [7, 11) is 0. The normalized spacial score (nSPS) is 10.9. The lowest BCUT2D eigenvalue weighted by atomic mass is 10.1. The molecule has 0 fully saturated rings. The van der Waals surface area contributed by atoms with Crippen LogP contribution in [-0.4, -0.2) is 20.4 Å². The maximum Gasteiger partial charge on any atom is 0.274 e. The number of nitrogens with one attached hydrogen (secondary N) is 1. The number of rotatable bonds is 6. The molecule has 1 N–H and O–H groups in total. The van der Waals surface area contributed by atoms with E-state index in [2.05, 4.69) is 40.0 Å². The van der Waals surface area contributed by atoms with Gasteiger partial charge in [-0.15, -0.1) is 0 Å². The fraction of sp³-hybridized carbons (Fsp3) is 0.174. The second-order valence-electron chi connectivity index (χ2n) is 6.63. The molecule has 0 aliphatic heterocycles. The van der Waals surface area contributed by atoms with Gasteiger partial charge in [0.25, 0.3) is 5.91 Å². The monoisotopic (exact) mass is 370 g/mol. The van der Waals surface area contributed by atoms with Gasteiger partial charge in [0.2, 0.25) is 0 Å². The summed E-state index contributed by atoms with van der Waals surface area (Å²) in [5.74, 6) is 0.904. The van der Waals surface area contributed by atoms with E-state index in [0.717, 1.165) is 36.4 Å². The molecule has 4 rings (SSSR count). The largest absolute Gasteiger partial charge is 0.328 e. The number of anilines is 1. The van der Waals surface area contributed by atoms with Crippen molar-refractivity contribution >= 4 is 22.6 Å². The molecular weight excluding hydrogens is 348 g/mol. The molecule has 0 atom stereocenters. The molecular formula is C23H22N4O. The summed E-state index contributed by atoms with van der Waals surface area (Å²) in [5, 5.41) is 2.88. The second kappa shape index (κ2) is 8.05. The van der Waals surface area contributed by atoms with Crippen molar-refractivity contribution in [1.82, 2.24) is 14.5 Å². The summed E-state index contributed by atoms with van der Waals surface area (Å²) >= 11 is 0. The fourth-order valence-corrected chi connectivity index (χ4v) is 3.37. The van der Waals surface area contributed by atoms with Crippen LogP contribution in [0.4, 0.5) is 5.69 Å². The zero-order valence-electron chi connectivity index (χ0n) is 15.8. The standard InChI is InChI=1S/C23H22N4O/c1-2-27-21-9-4-3-7-19(21)26-22(27)15-12-17-10-13-18(14-11-17)25-23(28)20-8-5-6-16-24-20/h3-11,13-14,16H,2,12,15H2,1H3,(H,25,28). The number of hydrogen-bond acceptors (Lipinski definition) is 3. The Balaban J connectivity index is 1.42. The fourth-order valence-electron chi connectivity index (χ4n) is 3.37. The minimum Gasteiger partial charge on any atom is -0.328 e. The van der Waals surface area contributed by atoms with Crippen LogP contribution in [0.2, 0.25) is 0 Å². The molecule has 2 aromatic carbocycles. The minimum atomic E-state index is -0.204. The summed E-state index contributed by atoms with van der Waals surface area (Å²) < 4.78 is 2.27. The van der Waals surface area contributed by atoms with Gasteiger partial charge in [-0.1, -0.05) is 30.3 Å². The lowest BCUT2D eigenvalue weighted by Gasteiger charge is -2.08. The summed E-state index contributed by atoms with van der Waals surface area (Å²) in [4.78, 5) is 21.0. The van der Waals surface area contributed by atoms with Crippen LogP contribution in [0.1, 0.15) is 28.8 Å². The number of para-hydroxylation sites is 2. The van der Waals surface area contributed by atoms with E-state index >= 15 is 0 Å². The number of carbonyl (C=O) groups is 1. The number of aromatic nitrogens is 3. The topological polar surface area (TPSA) is 59.8 Å². The first kappa shape index (κ1) is 17.9. The number of hydrogen-bond donors (Lipinski definition) is 1. The van der Waals surface area contributed by atoms with Gasteiger partial charge in [0.15, 0.2) is 0 Å². The van der Waals surface area contributed by atoms with E-state index in [0.29, 0.717) is 5.69 Å². The maximum absolute atomic E-state index is 12.2. The van der Waals surface area contributed by atoms with Crippen molar-refractivity contribution in [3.63, 3.8) is 0 Å². The number of aryl methyl sites for hydroxylation is 3. The number of imidazole rings is 1. The molecule has 5 heteroatoms. The Morgan fingerprint density at radius 3 is 2.50 bits per heavy atom. The van der Waals surface area contributed by atoms with E-state index in [9.17, 15) is 4.79 Å². The average molecular weight is 370 g/mol. The van der Waals surface area contributed by atoms with Crippen molar-refractivity contribution in [3.8, 4) is 0 Å². The molecule has 0 spiro atoms. The van der Waals surface area contributed by atoms with Crippen molar-refractivity contribution in [2.75, 3.05) is 5.32 Å². The molecule has 0 bridgehead atoms. The molecule has 0 saturated heterocycles. The van der Waals surface area contributed by atoms with Gasteiger partial charge in [0, 0.05) is 24.8 Å². The van der Waals surface area contributed by atoms with Crippen LogP contribution in [0.15, 0.2) is 72.9 Å². The molecule has 1 amide bonds. The smallest absolute Gasteiger partial charge is 0.274 e. The van der Waals surface area contributed by atoms with E-state index in [1.807, 2.05) is 30.3 Å². The summed E-state index contributed by atoms with van der Waals surface area (Å²) in [5.41, 5.74) is 4.62. The molecule has 4 aromatic rings. The number of benzene rings is 2. The molecule has 140 valence electrons. The first-order valence-electron chi connectivity index (χ1n) is 9.50. The Morgan fingerprint density at radius 1 is 0.964 bits per heavy atom. The molecule has 5 nitrogen and oxygen atoms in total. The Kier molecular flexibility index (Phi) is 5.15. The van der Waals surface area contributed by atoms with Gasteiger partial charge < -0.3 is 9.88 Å². The molecule has 0 unspecified atom stereocenters. The first-order chi connectivity index (χ1) is 13.7. The molecule has 0 aliphatic rings. The summed E-state index contributed by atoms with van der Waals surface area (Å²) in [6.07, 6.45) is 3.39. The van der Waals surface area contributed by atoms with Crippen LogP contribution in [0.5, 0.6) is 0 Å². The first-order valence-corrected chi connectivity index (χ1v) is 9.50. The van der Waals surface area contributed by atoms with Crippen LogP contribution in [0.3, 0.4) is 0 Å². The third kappa shape index (κ3) is 3.78. The van der Waals surface area contributed by atoms with Gasteiger partial charge in [-0.2, -0.15) is 0 Å². The van der Waals surface area contributed by atoms with Crippen LogP contribution in [0, 0.1) is 0 Å². The molecule has 2 aromatic heterocycles. The van der Waals surface area contributed by atoms with E-state index in [1.165, 1.54) is 11.1 Å². The Hall–Kier alpha value is -3.47. The number of nitrogens with zero attached hydrogens (tertiary/aromatic N) is 3. The van der Waals surface area contributed by atoms with Crippen LogP contribution in [0.25, 0.3) is 11.0 Å². The molecule has 0 radical (unpaired) electrons. The Bertz CT molecular complexity index is 1080. The lowest BCUT2D eigenvalue weighted by Crippen LogP contribution is -2.13. The predicted molar refractivity (Wildman–Crippen MR) is 111 cm³/mol. The van der Waals surface area contributed by atoms with E-state index in [-0.39, 0.29) is 5.91 Å². The Labute approximate surface area is 164 Å². The minimum absolute atomic E-state index is 0.204. The summed E-state index contributed by atoms with van der Waals surface area (Å²) in [6.45, 7) is 3.06. The van der Waals surface area contributed by atoms with Gasteiger partial charge in [-0.25, -0.2) is 4.98 Å². The highest BCUT2D eigenvalue weighted by Crippen LogP contribution is 2.18. The van der Waals surface area contributed by atoms with Gasteiger partial charge >= 0.3 is 0 Å². The predicted octanol–water partition coefficient (Wildman–Crippen LogP) is 4.49. The van der Waals surface area contributed by atoms with Gasteiger partial charge in [-0.05, 0) is 55.3 Å². The second-order valence-corrected chi connectivity index (χ2v) is 6.63. The number of fused-ring (bicyclic) bond motifs is 1. The van der Waals surface area contributed by atoms with Crippen molar-refractivity contribution in [3.05, 3.63) is 90.0 Å². The van der Waals surface area contributed by atoms with Crippen molar-refractivity contribution in [2.45, 2.75) is 26.3 Å². The molecule has 0 saturated carbocycles. The van der Waals surface area contributed by atoms with Gasteiger partial charge in [-0.3, -0.25) is 9.78 Å². The van der Waals surface area contributed by atoms with E-state index in [1.54, 1.807) is 24.4 Å². The van der Waals surface area contributed by atoms with Crippen molar-refractivity contribution in [2.24, 2.45) is 0 Å². The highest BCUT2D eigenvalue weighted by atomic mass is 16.1. The van der Waals surface area contributed by atoms with Crippen molar-refractivity contribution in [1.29, 1.82) is 0 Å². The highest BCUT2D eigenvalue weighted by molar-refractivity contribution is 6.02. The number of carbonyl (C=O) groups excluding carboxylic acids is 1. The molecule has 2 heterocycles. The average Bonchev–Trinajstić information content (AvgIpc) is 3.11. The SMILES string of the molecule is CCn1c(CCc2ccc(NC(=O)c3ccccn3)cc2)nc2ccccc21. The Morgan fingerprint density at radius 2 is 1.75 bits per heavy atom. The third-order valence-corrected chi connectivity index (χ3v) is 4.80. The third-order valence-electron chi connectivity index (χ3n) is 4.80. The van der Waals surface area contributed by atoms with Crippen LogP contribution in [-0.2, 0) is 19.4 Å². The maximum atomic E-state index is 12.2. The zero-order valence-corrected chi connectivity index (χ0v) is 15.8. The quantitative estimate of drug-likeness (QED) is 0.544. The molecule has 28 heavy (non-hydrogen) atoms. The molecule has 0 aliphatic carbocycles. The highest BCUT2D eigenvalue weighted by Gasteiger charge is 2.10. The number of pyridine rings is 1. The van der Waals surface area contributed by atoms with Crippen LogP contribution < -0.4 is 5.32 Å². The zero-order chi connectivity index (χ0) is 19.3. The lowest BCUT2D eigenvalue weighted by molar-refractivity contribution is 0.102. The van der Waals surface area contributed by atoms with Crippen molar-refractivity contribution < 1.29 is 4.79 Å².